The fourth-order valence-corrected chi connectivity index (χ4v) is 2.44. The van der Waals surface area contributed by atoms with Gasteiger partial charge in [0.15, 0.2) is 0 Å². The minimum absolute atomic E-state index is 0.107. The molecule has 0 saturated carbocycles. The summed E-state index contributed by atoms with van der Waals surface area (Å²) in [5.74, 6) is -0.0100. The fraction of sp³-hybridized carbons (Fsp3) is 0.150. The summed E-state index contributed by atoms with van der Waals surface area (Å²) in [5.41, 5.74) is 2.19. The van der Waals surface area contributed by atoms with Gasteiger partial charge in [0.2, 0.25) is 5.95 Å². The topological polar surface area (TPSA) is 34.1 Å². The van der Waals surface area contributed by atoms with E-state index in [1.165, 1.54) is 6.07 Å². The lowest BCUT2D eigenvalue weighted by Gasteiger charge is -2.20. The van der Waals surface area contributed by atoms with E-state index in [1.54, 1.807) is 12.1 Å². The predicted octanol–water partition coefficient (Wildman–Crippen LogP) is 4.59. The van der Waals surface area contributed by atoms with Gasteiger partial charge in [0.1, 0.15) is 5.82 Å². The van der Waals surface area contributed by atoms with Crippen LogP contribution >= 0.6 is 0 Å². The monoisotopic (exact) mass is 322 g/mol. The quantitative estimate of drug-likeness (QED) is 0.646. The SMILES string of the molecule is Fc1cccc(NC(COCc2ccccc2)c2ccccc2)n1. The van der Waals surface area contributed by atoms with Crippen molar-refractivity contribution in [3.8, 4) is 0 Å². The lowest BCUT2D eigenvalue weighted by atomic mass is 10.1. The molecule has 0 fully saturated rings. The van der Waals surface area contributed by atoms with Gasteiger partial charge in [0.25, 0.3) is 0 Å². The Morgan fingerprint density at radius 3 is 2.29 bits per heavy atom. The zero-order chi connectivity index (χ0) is 16.6. The first-order valence-corrected chi connectivity index (χ1v) is 7.87. The molecule has 122 valence electrons. The third-order valence-electron chi connectivity index (χ3n) is 3.64. The van der Waals surface area contributed by atoms with Crippen LogP contribution in [0.1, 0.15) is 17.2 Å². The Labute approximate surface area is 141 Å². The van der Waals surface area contributed by atoms with Crippen molar-refractivity contribution in [3.63, 3.8) is 0 Å². The fourth-order valence-electron chi connectivity index (χ4n) is 2.44. The Bertz CT molecular complexity index is 750. The van der Waals surface area contributed by atoms with Crippen LogP contribution in [-0.2, 0) is 11.3 Å². The predicted molar refractivity (Wildman–Crippen MR) is 93.1 cm³/mol. The molecule has 1 N–H and O–H groups in total. The molecule has 3 nitrogen and oxygen atoms in total. The van der Waals surface area contributed by atoms with Crippen LogP contribution in [0, 0.1) is 5.95 Å². The first kappa shape index (κ1) is 16.1. The summed E-state index contributed by atoms with van der Waals surface area (Å²) in [6, 6.07) is 24.6. The molecule has 0 aliphatic heterocycles. The van der Waals surface area contributed by atoms with E-state index < -0.39 is 5.95 Å². The van der Waals surface area contributed by atoms with Crippen molar-refractivity contribution in [2.24, 2.45) is 0 Å². The molecule has 0 aliphatic carbocycles. The van der Waals surface area contributed by atoms with Crippen LogP contribution in [0.5, 0.6) is 0 Å². The number of aromatic nitrogens is 1. The van der Waals surface area contributed by atoms with Gasteiger partial charge < -0.3 is 10.1 Å². The number of nitrogens with zero attached hydrogens (tertiary/aromatic N) is 1. The molecule has 0 radical (unpaired) electrons. The number of anilines is 1. The van der Waals surface area contributed by atoms with Gasteiger partial charge in [0, 0.05) is 0 Å². The van der Waals surface area contributed by atoms with Crippen LogP contribution in [0.3, 0.4) is 0 Å². The number of halogens is 1. The number of nitrogens with one attached hydrogen (secondary N) is 1. The maximum absolute atomic E-state index is 13.3. The highest BCUT2D eigenvalue weighted by atomic mass is 19.1. The van der Waals surface area contributed by atoms with Crippen LogP contribution < -0.4 is 5.32 Å². The second kappa shape index (κ2) is 8.22. The Hall–Kier alpha value is -2.72. The maximum Gasteiger partial charge on any atom is 0.214 e. The van der Waals surface area contributed by atoms with E-state index in [1.807, 2.05) is 60.7 Å². The van der Waals surface area contributed by atoms with Gasteiger partial charge >= 0.3 is 0 Å². The zero-order valence-corrected chi connectivity index (χ0v) is 13.2. The Kier molecular flexibility index (Phi) is 5.53. The molecule has 0 aliphatic rings. The molecule has 3 rings (SSSR count). The van der Waals surface area contributed by atoms with E-state index >= 15 is 0 Å². The normalized spacial score (nSPS) is 11.9. The number of rotatable bonds is 7. The average Bonchev–Trinajstić information content (AvgIpc) is 2.63. The van der Waals surface area contributed by atoms with Crippen molar-refractivity contribution in [3.05, 3.63) is 95.9 Å². The van der Waals surface area contributed by atoms with Gasteiger partial charge in [-0.1, -0.05) is 66.7 Å². The van der Waals surface area contributed by atoms with Gasteiger partial charge in [0.05, 0.1) is 19.3 Å². The minimum atomic E-state index is -0.503. The third-order valence-corrected chi connectivity index (χ3v) is 3.64. The third kappa shape index (κ3) is 4.64. The van der Waals surface area contributed by atoms with Crippen LogP contribution in [0.25, 0.3) is 0 Å². The smallest absolute Gasteiger partial charge is 0.214 e. The van der Waals surface area contributed by atoms with E-state index in [-0.39, 0.29) is 6.04 Å². The van der Waals surface area contributed by atoms with Gasteiger partial charge in [-0.2, -0.15) is 4.39 Å². The van der Waals surface area contributed by atoms with Crippen molar-refractivity contribution in [1.82, 2.24) is 4.98 Å². The van der Waals surface area contributed by atoms with Crippen LogP contribution in [0.2, 0.25) is 0 Å². The van der Waals surface area contributed by atoms with Crippen molar-refractivity contribution >= 4 is 5.82 Å². The highest BCUT2D eigenvalue weighted by Crippen LogP contribution is 2.19. The first-order valence-electron chi connectivity index (χ1n) is 7.87. The lowest BCUT2D eigenvalue weighted by Crippen LogP contribution is -2.18. The number of hydrogen-bond acceptors (Lipinski definition) is 3. The molecular weight excluding hydrogens is 303 g/mol. The van der Waals surface area contributed by atoms with E-state index in [0.717, 1.165) is 11.1 Å². The number of ether oxygens (including phenoxy) is 1. The highest BCUT2D eigenvalue weighted by molar-refractivity contribution is 5.38. The molecule has 0 spiro atoms. The molecule has 1 unspecified atom stereocenters. The molecular formula is C20H19FN2O. The summed E-state index contributed by atoms with van der Waals surface area (Å²) < 4.78 is 19.2. The van der Waals surface area contributed by atoms with Crippen molar-refractivity contribution in [2.75, 3.05) is 11.9 Å². The standard InChI is InChI=1S/C20H19FN2O/c21-19-12-7-13-20(23-19)22-18(17-10-5-2-6-11-17)15-24-14-16-8-3-1-4-9-16/h1-13,18H,14-15H2,(H,22,23). The van der Waals surface area contributed by atoms with Crippen LogP contribution in [0.15, 0.2) is 78.9 Å². The van der Waals surface area contributed by atoms with Crippen LogP contribution in [0.4, 0.5) is 10.2 Å². The molecule has 2 aromatic carbocycles. The van der Waals surface area contributed by atoms with E-state index in [2.05, 4.69) is 10.3 Å². The molecule has 3 aromatic rings. The van der Waals surface area contributed by atoms with Gasteiger partial charge in [-0.3, -0.25) is 0 Å². The number of hydrogen-bond donors (Lipinski definition) is 1. The largest absolute Gasteiger partial charge is 0.374 e. The van der Waals surface area contributed by atoms with Crippen molar-refractivity contribution in [1.29, 1.82) is 0 Å². The molecule has 24 heavy (non-hydrogen) atoms. The Balaban J connectivity index is 1.68. The summed E-state index contributed by atoms with van der Waals surface area (Å²) in [7, 11) is 0. The lowest BCUT2D eigenvalue weighted by molar-refractivity contribution is 0.112. The number of benzene rings is 2. The molecule has 1 atom stereocenters. The second-order valence-corrected chi connectivity index (χ2v) is 5.45. The van der Waals surface area contributed by atoms with Crippen LogP contribution in [-0.4, -0.2) is 11.6 Å². The molecule has 1 heterocycles. The van der Waals surface area contributed by atoms with E-state index in [4.69, 9.17) is 4.74 Å². The second-order valence-electron chi connectivity index (χ2n) is 5.45. The molecule has 1 aromatic heterocycles. The molecule has 0 amide bonds. The molecule has 4 heteroatoms. The summed E-state index contributed by atoms with van der Waals surface area (Å²) in [6.07, 6.45) is 0. The van der Waals surface area contributed by atoms with Crippen molar-refractivity contribution < 1.29 is 9.13 Å². The highest BCUT2D eigenvalue weighted by Gasteiger charge is 2.12. The molecule has 0 bridgehead atoms. The first-order chi connectivity index (χ1) is 11.8. The summed E-state index contributed by atoms with van der Waals surface area (Å²) in [4.78, 5) is 3.87. The molecule has 0 saturated heterocycles. The summed E-state index contributed by atoms with van der Waals surface area (Å²) in [6.45, 7) is 0.986. The maximum atomic E-state index is 13.3. The van der Waals surface area contributed by atoms with E-state index in [9.17, 15) is 4.39 Å². The minimum Gasteiger partial charge on any atom is -0.374 e. The van der Waals surface area contributed by atoms with Gasteiger partial charge in [-0.25, -0.2) is 4.98 Å². The zero-order valence-electron chi connectivity index (χ0n) is 13.2. The summed E-state index contributed by atoms with van der Waals surface area (Å²) in [5, 5.41) is 3.25. The number of pyridine rings is 1. The van der Waals surface area contributed by atoms with Crippen molar-refractivity contribution in [2.45, 2.75) is 12.6 Å². The Morgan fingerprint density at radius 2 is 1.58 bits per heavy atom. The van der Waals surface area contributed by atoms with Gasteiger partial charge in [-0.05, 0) is 23.3 Å². The average molecular weight is 322 g/mol. The Morgan fingerprint density at radius 1 is 0.875 bits per heavy atom. The summed E-state index contributed by atoms with van der Waals surface area (Å²) >= 11 is 0. The van der Waals surface area contributed by atoms with E-state index in [0.29, 0.717) is 19.0 Å². The van der Waals surface area contributed by atoms with Gasteiger partial charge in [-0.15, -0.1) is 0 Å².